The van der Waals surface area contributed by atoms with Crippen molar-refractivity contribution >= 4 is 10.8 Å². The molecule has 0 saturated carbocycles. The Morgan fingerprint density at radius 2 is 1.58 bits per heavy atom. The quantitative estimate of drug-likeness (QED) is 0.635. The highest BCUT2D eigenvalue weighted by Crippen LogP contribution is 2.28. The number of hydrogen-bond acceptors (Lipinski definition) is 1. The highest BCUT2D eigenvalue weighted by Gasteiger charge is 2.06. The first-order valence-electron chi connectivity index (χ1n) is 6.73. The average molecular weight is 247 g/mol. The van der Waals surface area contributed by atoms with Gasteiger partial charge in [0, 0.05) is 17.1 Å². The zero-order valence-corrected chi connectivity index (χ0v) is 11.4. The second-order valence-corrected chi connectivity index (χ2v) is 4.89. The lowest BCUT2D eigenvalue weighted by molar-refractivity contribution is 1.14. The van der Waals surface area contributed by atoms with Crippen LogP contribution in [0.15, 0.2) is 54.7 Å². The largest absolute Gasteiger partial charge is 0.255 e. The van der Waals surface area contributed by atoms with Gasteiger partial charge in [0.25, 0.3) is 0 Å². The van der Waals surface area contributed by atoms with Gasteiger partial charge in [0.15, 0.2) is 0 Å². The van der Waals surface area contributed by atoms with Crippen molar-refractivity contribution in [1.82, 2.24) is 4.98 Å². The molecule has 3 aromatic rings. The summed E-state index contributed by atoms with van der Waals surface area (Å²) in [5, 5.41) is 2.51. The number of aryl methyl sites for hydroxylation is 2. The molecule has 0 fully saturated rings. The molecule has 0 spiro atoms. The maximum absolute atomic E-state index is 4.63. The first-order chi connectivity index (χ1) is 9.29. The van der Waals surface area contributed by atoms with Gasteiger partial charge < -0.3 is 0 Å². The van der Waals surface area contributed by atoms with Gasteiger partial charge in [-0.25, -0.2) is 0 Å². The van der Waals surface area contributed by atoms with Gasteiger partial charge in [0.1, 0.15) is 0 Å². The number of nitrogens with zero attached hydrogens (tertiary/aromatic N) is 1. The molecule has 19 heavy (non-hydrogen) atoms. The zero-order valence-electron chi connectivity index (χ0n) is 11.4. The lowest BCUT2D eigenvalue weighted by Gasteiger charge is -2.08. The lowest BCUT2D eigenvalue weighted by atomic mass is 10.0. The molecule has 0 bridgehead atoms. The molecule has 0 aliphatic carbocycles. The fourth-order valence-corrected chi connectivity index (χ4v) is 2.46. The summed E-state index contributed by atoms with van der Waals surface area (Å²) in [7, 11) is 0. The minimum absolute atomic E-state index is 1.07. The normalized spacial score (nSPS) is 10.8. The Kier molecular flexibility index (Phi) is 3.04. The first-order valence-corrected chi connectivity index (χ1v) is 6.73. The molecule has 0 aliphatic rings. The summed E-state index contributed by atoms with van der Waals surface area (Å²) in [6, 6.07) is 17.2. The van der Waals surface area contributed by atoms with Crippen LogP contribution in [0.1, 0.15) is 18.1 Å². The number of rotatable bonds is 2. The maximum atomic E-state index is 4.63. The van der Waals surface area contributed by atoms with Crippen molar-refractivity contribution in [2.45, 2.75) is 20.3 Å². The molecule has 0 N–H and O–H groups in total. The smallest absolute Gasteiger partial charge is 0.0780 e. The molecule has 1 heteroatoms. The van der Waals surface area contributed by atoms with Gasteiger partial charge in [-0.15, -0.1) is 0 Å². The van der Waals surface area contributed by atoms with Gasteiger partial charge in [0.05, 0.1) is 5.69 Å². The van der Waals surface area contributed by atoms with Crippen molar-refractivity contribution in [3.8, 4) is 11.3 Å². The molecule has 3 rings (SSSR count). The van der Waals surface area contributed by atoms with Crippen molar-refractivity contribution in [1.29, 1.82) is 0 Å². The minimum Gasteiger partial charge on any atom is -0.255 e. The van der Waals surface area contributed by atoms with E-state index in [0.29, 0.717) is 0 Å². The molecule has 0 saturated heterocycles. The maximum Gasteiger partial charge on any atom is 0.0780 e. The van der Waals surface area contributed by atoms with Crippen LogP contribution < -0.4 is 0 Å². The summed E-state index contributed by atoms with van der Waals surface area (Å²) in [6.45, 7) is 4.29. The molecule has 0 atom stereocenters. The van der Waals surface area contributed by atoms with Crippen LogP contribution in [0.5, 0.6) is 0 Å². The predicted molar refractivity (Wildman–Crippen MR) is 81.3 cm³/mol. The van der Waals surface area contributed by atoms with Gasteiger partial charge in [0.2, 0.25) is 0 Å². The molecule has 1 heterocycles. The van der Waals surface area contributed by atoms with Crippen LogP contribution in [0.25, 0.3) is 22.0 Å². The summed E-state index contributed by atoms with van der Waals surface area (Å²) in [5.74, 6) is 0. The predicted octanol–water partition coefficient (Wildman–Crippen LogP) is 4.77. The van der Waals surface area contributed by atoms with Gasteiger partial charge >= 0.3 is 0 Å². The van der Waals surface area contributed by atoms with Gasteiger partial charge in [-0.05, 0) is 29.9 Å². The standard InChI is InChI=1S/C18H17N/c1-3-14-8-10-15(11-9-14)18-17-7-5-4-6-16(17)13(2)12-19-18/h4-12H,3H2,1-2H3. The van der Waals surface area contributed by atoms with E-state index in [0.717, 1.165) is 12.1 Å². The molecular weight excluding hydrogens is 230 g/mol. The number of pyridine rings is 1. The monoisotopic (exact) mass is 247 g/mol. The van der Waals surface area contributed by atoms with Crippen molar-refractivity contribution in [2.24, 2.45) is 0 Å². The average Bonchev–Trinajstić information content (AvgIpc) is 2.48. The van der Waals surface area contributed by atoms with E-state index >= 15 is 0 Å². The fourth-order valence-electron chi connectivity index (χ4n) is 2.46. The fraction of sp³-hybridized carbons (Fsp3) is 0.167. The molecule has 94 valence electrons. The zero-order chi connectivity index (χ0) is 13.2. The van der Waals surface area contributed by atoms with Gasteiger partial charge in [-0.2, -0.15) is 0 Å². The van der Waals surface area contributed by atoms with E-state index in [9.17, 15) is 0 Å². The van der Waals surface area contributed by atoms with Crippen LogP contribution in [0, 0.1) is 6.92 Å². The Bertz CT molecular complexity index is 711. The molecule has 0 aliphatic heterocycles. The number of fused-ring (bicyclic) bond motifs is 1. The van der Waals surface area contributed by atoms with Crippen molar-refractivity contribution < 1.29 is 0 Å². The van der Waals surface area contributed by atoms with E-state index in [1.807, 2.05) is 6.20 Å². The number of hydrogen-bond donors (Lipinski definition) is 0. The van der Waals surface area contributed by atoms with Crippen LogP contribution in [0.3, 0.4) is 0 Å². The Hall–Kier alpha value is -2.15. The minimum atomic E-state index is 1.07. The lowest BCUT2D eigenvalue weighted by Crippen LogP contribution is -1.89. The molecule has 0 unspecified atom stereocenters. The third kappa shape index (κ3) is 2.12. The van der Waals surface area contributed by atoms with E-state index in [1.165, 1.54) is 27.5 Å². The Morgan fingerprint density at radius 3 is 2.26 bits per heavy atom. The van der Waals surface area contributed by atoms with Crippen LogP contribution >= 0.6 is 0 Å². The highest BCUT2D eigenvalue weighted by molar-refractivity contribution is 5.96. The van der Waals surface area contributed by atoms with E-state index in [1.54, 1.807) is 0 Å². The third-order valence-electron chi connectivity index (χ3n) is 3.63. The second-order valence-electron chi connectivity index (χ2n) is 4.89. The summed E-state index contributed by atoms with van der Waals surface area (Å²) in [6.07, 6.45) is 3.04. The molecule has 1 aromatic heterocycles. The summed E-state index contributed by atoms with van der Waals surface area (Å²) in [5.41, 5.74) is 4.85. The summed E-state index contributed by atoms with van der Waals surface area (Å²) in [4.78, 5) is 4.63. The molecule has 0 radical (unpaired) electrons. The highest BCUT2D eigenvalue weighted by atomic mass is 14.7. The molecule has 1 nitrogen and oxygen atoms in total. The van der Waals surface area contributed by atoms with Gasteiger partial charge in [-0.1, -0.05) is 55.5 Å². The molecular formula is C18H17N. The number of benzene rings is 2. The Balaban J connectivity index is 2.21. The van der Waals surface area contributed by atoms with Crippen molar-refractivity contribution in [3.63, 3.8) is 0 Å². The molecule has 2 aromatic carbocycles. The van der Waals surface area contributed by atoms with Crippen LogP contribution in [-0.2, 0) is 6.42 Å². The molecule has 0 amide bonds. The first kappa shape index (κ1) is 11.9. The van der Waals surface area contributed by atoms with Crippen LogP contribution in [0.2, 0.25) is 0 Å². The van der Waals surface area contributed by atoms with E-state index < -0.39 is 0 Å². The van der Waals surface area contributed by atoms with E-state index in [-0.39, 0.29) is 0 Å². The van der Waals surface area contributed by atoms with Crippen LogP contribution in [-0.4, -0.2) is 4.98 Å². The third-order valence-corrected chi connectivity index (χ3v) is 3.63. The number of aromatic nitrogens is 1. The second kappa shape index (κ2) is 4.85. The van der Waals surface area contributed by atoms with Crippen molar-refractivity contribution in [2.75, 3.05) is 0 Å². The SMILES string of the molecule is CCc1ccc(-c2ncc(C)c3ccccc23)cc1. The summed E-state index contributed by atoms with van der Waals surface area (Å²) >= 11 is 0. The summed E-state index contributed by atoms with van der Waals surface area (Å²) < 4.78 is 0. The van der Waals surface area contributed by atoms with Gasteiger partial charge in [-0.3, -0.25) is 4.98 Å². The van der Waals surface area contributed by atoms with E-state index in [4.69, 9.17) is 0 Å². The Morgan fingerprint density at radius 1 is 0.895 bits per heavy atom. The van der Waals surface area contributed by atoms with E-state index in [2.05, 4.69) is 67.4 Å². The van der Waals surface area contributed by atoms with Crippen molar-refractivity contribution in [3.05, 3.63) is 65.9 Å². The topological polar surface area (TPSA) is 12.9 Å². The Labute approximate surface area is 113 Å². The van der Waals surface area contributed by atoms with Crippen LogP contribution in [0.4, 0.5) is 0 Å².